The van der Waals surface area contributed by atoms with Crippen LogP contribution in [0.25, 0.3) is 0 Å². The first kappa shape index (κ1) is 14.7. The van der Waals surface area contributed by atoms with E-state index in [1.54, 1.807) is 0 Å². The van der Waals surface area contributed by atoms with Gasteiger partial charge in [-0.3, -0.25) is 0 Å². The summed E-state index contributed by atoms with van der Waals surface area (Å²) in [5.41, 5.74) is 0.987. The molecule has 0 fully saturated rings. The number of nitrogens with zero attached hydrogens (tertiary/aromatic N) is 2. The smallest absolute Gasteiger partial charge is 0.225 e. The first-order chi connectivity index (χ1) is 8.67. The highest BCUT2D eigenvalue weighted by Crippen LogP contribution is 2.17. The number of ether oxygens (including phenoxy) is 1. The van der Waals surface area contributed by atoms with Crippen LogP contribution in [0.5, 0.6) is 5.88 Å². The van der Waals surface area contributed by atoms with Crippen LogP contribution in [0.2, 0.25) is 0 Å². The Morgan fingerprint density at radius 3 is 2.78 bits per heavy atom. The first-order valence-corrected chi connectivity index (χ1v) is 6.87. The maximum absolute atomic E-state index is 5.78. The average molecular weight is 251 g/mol. The minimum atomic E-state index is 0.566. The quantitative estimate of drug-likeness (QED) is 0.769. The highest BCUT2D eigenvalue weighted by atomic mass is 16.5. The monoisotopic (exact) mass is 251 g/mol. The molecule has 1 atom stereocenters. The predicted octanol–water partition coefficient (Wildman–Crippen LogP) is 3.42. The molecule has 0 radical (unpaired) electrons. The normalized spacial score (nSPS) is 12.2. The van der Waals surface area contributed by atoms with Crippen molar-refractivity contribution in [1.82, 2.24) is 9.97 Å². The van der Waals surface area contributed by atoms with Crippen LogP contribution in [-0.4, -0.2) is 23.1 Å². The van der Waals surface area contributed by atoms with Crippen molar-refractivity contribution in [3.63, 3.8) is 0 Å². The summed E-state index contributed by atoms with van der Waals surface area (Å²) in [6, 6.07) is 0. The van der Waals surface area contributed by atoms with E-state index >= 15 is 0 Å². The zero-order valence-corrected chi connectivity index (χ0v) is 12.0. The summed E-state index contributed by atoms with van der Waals surface area (Å²) in [7, 11) is 0. The Balaban J connectivity index is 2.57. The third-order valence-electron chi connectivity index (χ3n) is 2.74. The SMILES string of the molecule is CCCNc1ncc(C)c(OCC(C)CCC)n1. The molecule has 4 nitrogen and oxygen atoms in total. The molecule has 0 aliphatic rings. The summed E-state index contributed by atoms with van der Waals surface area (Å²) in [5.74, 6) is 1.92. The zero-order valence-electron chi connectivity index (χ0n) is 12.0. The topological polar surface area (TPSA) is 47.0 Å². The molecule has 0 bridgehead atoms. The first-order valence-electron chi connectivity index (χ1n) is 6.87. The van der Waals surface area contributed by atoms with Crippen molar-refractivity contribution in [2.24, 2.45) is 5.92 Å². The van der Waals surface area contributed by atoms with Crippen molar-refractivity contribution in [1.29, 1.82) is 0 Å². The van der Waals surface area contributed by atoms with E-state index in [0.29, 0.717) is 17.7 Å². The Labute approximate surface area is 110 Å². The van der Waals surface area contributed by atoms with Gasteiger partial charge in [0.05, 0.1) is 6.61 Å². The van der Waals surface area contributed by atoms with Crippen LogP contribution in [-0.2, 0) is 0 Å². The molecule has 0 aromatic carbocycles. The van der Waals surface area contributed by atoms with Crippen LogP contribution in [0.15, 0.2) is 6.20 Å². The average Bonchev–Trinajstić information content (AvgIpc) is 2.36. The van der Waals surface area contributed by atoms with Gasteiger partial charge in [0.2, 0.25) is 11.8 Å². The lowest BCUT2D eigenvalue weighted by atomic mass is 10.1. The van der Waals surface area contributed by atoms with Gasteiger partial charge in [-0.15, -0.1) is 0 Å². The van der Waals surface area contributed by atoms with Gasteiger partial charge in [0.1, 0.15) is 0 Å². The lowest BCUT2D eigenvalue weighted by Gasteiger charge is -2.13. The van der Waals surface area contributed by atoms with Crippen molar-refractivity contribution in [2.45, 2.75) is 47.0 Å². The molecule has 0 aliphatic carbocycles. The molecule has 0 spiro atoms. The van der Waals surface area contributed by atoms with Crippen molar-refractivity contribution < 1.29 is 4.74 Å². The zero-order chi connectivity index (χ0) is 13.4. The fourth-order valence-electron chi connectivity index (χ4n) is 1.69. The second-order valence-corrected chi connectivity index (χ2v) is 4.81. The van der Waals surface area contributed by atoms with Crippen LogP contribution < -0.4 is 10.1 Å². The molecule has 1 aromatic heterocycles. The fraction of sp³-hybridized carbons (Fsp3) is 0.714. The van der Waals surface area contributed by atoms with E-state index in [4.69, 9.17) is 4.74 Å². The lowest BCUT2D eigenvalue weighted by Crippen LogP contribution is -2.11. The highest BCUT2D eigenvalue weighted by molar-refractivity contribution is 5.32. The van der Waals surface area contributed by atoms with Crippen molar-refractivity contribution in [3.05, 3.63) is 11.8 Å². The minimum Gasteiger partial charge on any atom is -0.477 e. The molecular weight excluding hydrogens is 226 g/mol. The van der Waals surface area contributed by atoms with Gasteiger partial charge in [-0.1, -0.05) is 27.2 Å². The van der Waals surface area contributed by atoms with Gasteiger partial charge in [0, 0.05) is 18.3 Å². The molecule has 102 valence electrons. The van der Waals surface area contributed by atoms with Crippen molar-refractivity contribution >= 4 is 5.95 Å². The van der Waals surface area contributed by atoms with E-state index in [0.717, 1.165) is 25.1 Å². The summed E-state index contributed by atoms with van der Waals surface area (Å²) in [5, 5.41) is 3.17. The number of rotatable bonds is 8. The number of aromatic nitrogens is 2. The molecule has 0 saturated heterocycles. The second kappa shape index (κ2) is 7.90. The van der Waals surface area contributed by atoms with E-state index in [1.165, 1.54) is 12.8 Å². The second-order valence-electron chi connectivity index (χ2n) is 4.81. The lowest BCUT2D eigenvalue weighted by molar-refractivity contribution is 0.241. The highest BCUT2D eigenvalue weighted by Gasteiger charge is 2.07. The number of hydrogen-bond acceptors (Lipinski definition) is 4. The number of anilines is 1. The Bertz CT molecular complexity index is 355. The van der Waals surface area contributed by atoms with Crippen molar-refractivity contribution in [2.75, 3.05) is 18.5 Å². The van der Waals surface area contributed by atoms with Crippen LogP contribution in [0.4, 0.5) is 5.95 Å². The van der Waals surface area contributed by atoms with Gasteiger partial charge in [0.25, 0.3) is 0 Å². The van der Waals surface area contributed by atoms with Gasteiger partial charge in [0.15, 0.2) is 0 Å². The van der Waals surface area contributed by atoms with Gasteiger partial charge >= 0.3 is 0 Å². The molecule has 1 heterocycles. The van der Waals surface area contributed by atoms with Crippen LogP contribution >= 0.6 is 0 Å². The molecule has 0 aliphatic heterocycles. The van der Waals surface area contributed by atoms with Crippen LogP contribution in [0, 0.1) is 12.8 Å². The van der Waals surface area contributed by atoms with Crippen LogP contribution in [0.1, 0.15) is 45.6 Å². The minimum absolute atomic E-state index is 0.566. The molecule has 18 heavy (non-hydrogen) atoms. The summed E-state index contributed by atoms with van der Waals surface area (Å²) >= 11 is 0. The molecule has 0 amide bonds. The third-order valence-corrected chi connectivity index (χ3v) is 2.74. The third kappa shape index (κ3) is 4.90. The maximum Gasteiger partial charge on any atom is 0.225 e. The Morgan fingerprint density at radius 1 is 1.33 bits per heavy atom. The molecule has 1 aromatic rings. The molecular formula is C14H25N3O. The van der Waals surface area contributed by atoms with E-state index in [9.17, 15) is 0 Å². The Hall–Kier alpha value is -1.32. The van der Waals surface area contributed by atoms with Gasteiger partial charge < -0.3 is 10.1 Å². The van der Waals surface area contributed by atoms with E-state index < -0.39 is 0 Å². The van der Waals surface area contributed by atoms with Crippen LogP contribution in [0.3, 0.4) is 0 Å². The standard InChI is InChI=1S/C14H25N3O/c1-5-7-11(3)10-18-13-12(4)9-16-14(17-13)15-8-6-2/h9,11H,5-8,10H2,1-4H3,(H,15,16,17). The molecule has 1 rings (SSSR count). The van der Waals surface area contributed by atoms with E-state index in [2.05, 4.69) is 36.1 Å². The Kier molecular flexibility index (Phi) is 6.47. The summed E-state index contributed by atoms with van der Waals surface area (Å²) in [6.07, 6.45) is 5.24. The summed E-state index contributed by atoms with van der Waals surface area (Å²) < 4.78 is 5.78. The van der Waals surface area contributed by atoms with Gasteiger partial charge in [-0.05, 0) is 25.7 Å². The summed E-state index contributed by atoms with van der Waals surface area (Å²) in [6.45, 7) is 10.1. The predicted molar refractivity (Wildman–Crippen MR) is 75.1 cm³/mol. The molecule has 0 saturated carbocycles. The van der Waals surface area contributed by atoms with E-state index in [1.807, 2.05) is 13.1 Å². The van der Waals surface area contributed by atoms with Crippen molar-refractivity contribution in [3.8, 4) is 5.88 Å². The number of aryl methyl sites for hydroxylation is 1. The summed E-state index contributed by atoms with van der Waals surface area (Å²) in [4.78, 5) is 8.64. The van der Waals surface area contributed by atoms with Gasteiger partial charge in [-0.25, -0.2) is 4.98 Å². The number of hydrogen-bond donors (Lipinski definition) is 1. The number of nitrogens with one attached hydrogen (secondary N) is 1. The maximum atomic E-state index is 5.78. The Morgan fingerprint density at radius 2 is 2.11 bits per heavy atom. The molecule has 1 N–H and O–H groups in total. The van der Waals surface area contributed by atoms with E-state index in [-0.39, 0.29) is 0 Å². The largest absolute Gasteiger partial charge is 0.477 e. The van der Waals surface area contributed by atoms with Gasteiger partial charge in [-0.2, -0.15) is 4.98 Å². The molecule has 4 heteroatoms. The fourth-order valence-corrected chi connectivity index (χ4v) is 1.69. The molecule has 1 unspecified atom stereocenters.